The number of ether oxygens (including phenoxy) is 1. The molecule has 11 heteroatoms. The Balaban J connectivity index is 1.28. The molecule has 1 aromatic carbocycles. The number of hydrogen-bond donors (Lipinski definition) is 4. The summed E-state index contributed by atoms with van der Waals surface area (Å²) >= 11 is 5.98. The predicted octanol–water partition coefficient (Wildman–Crippen LogP) is -0.233. The largest absolute Gasteiger partial charge is 0.497 e. The first-order valence-electron chi connectivity index (χ1n) is 10.2. The molecule has 3 heterocycles. The highest BCUT2D eigenvalue weighted by Crippen LogP contribution is 2.27. The van der Waals surface area contributed by atoms with Crippen molar-refractivity contribution in [3.8, 4) is 5.75 Å². The van der Waals surface area contributed by atoms with Crippen molar-refractivity contribution in [2.45, 2.75) is 36.6 Å². The fourth-order valence-electron chi connectivity index (χ4n) is 3.93. The molecular formula is C20H27ClN8O2. The third-order valence-electron chi connectivity index (χ3n) is 5.81. The third-order valence-corrected chi connectivity index (χ3v) is 6.17. The Morgan fingerprint density at radius 1 is 1.32 bits per heavy atom. The molecule has 1 fully saturated rings. The number of methoxy groups -OCH3 is 1. The highest BCUT2D eigenvalue weighted by Gasteiger charge is 2.39. The molecule has 3 aliphatic heterocycles. The monoisotopic (exact) mass is 446 g/mol. The number of amidine groups is 1. The first-order valence-corrected chi connectivity index (χ1v) is 10.6. The van der Waals surface area contributed by atoms with E-state index in [0.717, 1.165) is 38.2 Å². The molecule has 1 spiro atoms. The first-order chi connectivity index (χ1) is 14.9. The van der Waals surface area contributed by atoms with Crippen LogP contribution in [0.5, 0.6) is 5.75 Å². The van der Waals surface area contributed by atoms with Gasteiger partial charge in [-0.25, -0.2) is 4.99 Å². The molecule has 2 unspecified atom stereocenters. The van der Waals surface area contributed by atoms with Gasteiger partial charge in [0.1, 0.15) is 11.9 Å². The van der Waals surface area contributed by atoms with E-state index in [2.05, 4.69) is 42.6 Å². The number of aliphatic imine (C=N–C) groups is 3. The van der Waals surface area contributed by atoms with Crippen LogP contribution in [0.4, 0.5) is 0 Å². The average Bonchev–Trinajstić information content (AvgIpc) is 3.15. The molecule has 1 amide bonds. The van der Waals surface area contributed by atoms with Crippen molar-refractivity contribution < 1.29 is 9.53 Å². The van der Waals surface area contributed by atoms with E-state index in [-0.39, 0.29) is 17.1 Å². The number of alkyl halides is 1. The van der Waals surface area contributed by atoms with Gasteiger partial charge in [0.15, 0.2) is 23.0 Å². The number of halogens is 1. The quantitative estimate of drug-likeness (QED) is 0.371. The van der Waals surface area contributed by atoms with E-state index < -0.39 is 17.6 Å². The number of nitrogens with one attached hydrogen (secondary N) is 2. The predicted molar refractivity (Wildman–Crippen MR) is 120 cm³/mol. The summed E-state index contributed by atoms with van der Waals surface area (Å²) in [5, 5.41) is 6.12. The van der Waals surface area contributed by atoms with Crippen molar-refractivity contribution in [1.29, 1.82) is 0 Å². The Kier molecular flexibility index (Phi) is 6.12. The van der Waals surface area contributed by atoms with Crippen LogP contribution in [0.15, 0.2) is 39.2 Å². The number of carbonyl (C=O) groups excluding carboxylic acids is 1. The number of carbonyl (C=O) groups is 1. The fourth-order valence-corrected chi connectivity index (χ4v) is 4.09. The summed E-state index contributed by atoms with van der Waals surface area (Å²) in [6.07, 6.45) is 1.09. The summed E-state index contributed by atoms with van der Waals surface area (Å²) in [6.45, 7) is 3.38. The van der Waals surface area contributed by atoms with Gasteiger partial charge in [0.2, 0.25) is 0 Å². The molecule has 10 nitrogen and oxygen atoms in total. The van der Waals surface area contributed by atoms with E-state index in [0.29, 0.717) is 12.5 Å². The third kappa shape index (κ3) is 4.81. The minimum Gasteiger partial charge on any atom is -0.497 e. The number of amides is 1. The topological polar surface area (TPSA) is 143 Å². The maximum absolute atomic E-state index is 12.5. The van der Waals surface area contributed by atoms with E-state index in [4.69, 9.17) is 27.8 Å². The molecule has 0 aromatic heterocycles. The minimum absolute atomic E-state index is 0.0259. The van der Waals surface area contributed by atoms with Crippen molar-refractivity contribution in [3.05, 3.63) is 29.8 Å². The molecule has 0 bridgehead atoms. The summed E-state index contributed by atoms with van der Waals surface area (Å²) in [5.74, 6) is 0.756. The highest BCUT2D eigenvalue weighted by molar-refractivity contribution is 6.67. The van der Waals surface area contributed by atoms with Crippen LogP contribution in [0.1, 0.15) is 18.4 Å². The van der Waals surface area contributed by atoms with Crippen LogP contribution in [0.2, 0.25) is 0 Å². The smallest absolute Gasteiger partial charge is 0.279 e. The van der Waals surface area contributed by atoms with Gasteiger partial charge >= 0.3 is 0 Å². The summed E-state index contributed by atoms with van der Waals surface area (Å²) in [4.78, 5) is 27.4. The van der Waals surface area contributed by atoms with Crippen molar-refractivity contribution in [1.82, 2.24) is 15.5 Å². The molecule has 1 saturated heterocycles. The molecule has 0 radical (unpaired) electrons. The van der Waals surface area contributed by atoms with Gasteiger partial charge in [0.05, 0.1) is 19.2 Å². The molecule has 3 aliphatic rings. The van der Waals surface area contributed by atoms with Gasteiger partial charge < -0.3 is 21.5 Å². The average molecular weight is 447 g/mol. The van der Waals surface area contributed by atoms with Gasteiger partial charge in [-0.15, -0.1) is 0 Å². The van der Waals surface area contributed by atoms with E-state index in [1.807, 2.05) is 12.1 Å². The Morgan fingerprint density at radius 2 is 2.03 bits per heavy atom. The lowest BCUT2D eigenvalue weighted by Gasteiger charge is -2.39. The number of hydrogen-bond acceptors (Lipinski definition) is 9. The lowest BCUT2D eigenvalue weighted by molar-refractivity contribution is -0.113. The lowest BCUT2D eigenvalue weighted by Crippen LogP contribution is -2.57. The summed E-state index contributed by atoms with van der Waals surface area (Å²) in [5.41, 5.74) is 11.7. The maximum Gasteiger partial charge on any atom is 0.279 e. The van der Waals surface area contributed by atoms with Crippen LogP contribution in [-0.2, 0) is 11.3 Å². The van der Waals surface area contributed by atoms with Gasteiger partial charge in [0, 0.05) is 19.6 Å². The second-order valence-electron chi connectivity index (χ2n) is 8.00. The minimum atomic E-state index is -0.826. The SMILES string of the molecule is COc1ccc(CN2CCC3(CC2)CN=C(NC(=O)C2=NC(Cl)C(N)N=C2N)N3)cc1. The van der Waals surface area contributed by atoms with Gasteiger partial charge in [-0.05, 0) is 30.5 Å². The van der Waals surface area contributed by atoms with Crippen LogP contribution in [0.25, 0.3) is 0 Å². The van der Waals surface area contributed by atoms with Crippen LogP contribution in [-0.4, -0.2) is 72.3 Å². The first kappa shape index (κ1) is 21.5. The van der Waals surface area contributed by atoms with Gasteiger partial charge in [-0.2, -0.15) is 0 Å². The van der Waals surface area contributed by atoms with Gasteiger partial charge in [-0.1, -0.05) is 23.7 Å². The zero-order valence-electron chi connectivity index (χ0n) is 17.3. The Hall–Kier alpha value is -2.69. The van der Waals surface area contributed by atoms with Gasteiger partial charge in [-0.3, -0.25) is 25.0 Å². The number of benzene rings is 1. The van der Waals surface area contributed by atoms with E-state index in [1.165, 1.54) is 5.56 Å². The Bertz CT molecular complexity index is 922. The van der Waals surface area contributed by atoms with E-state index in [9.17, 15) is 4.79 Å². The van der Waals surface area contributed by atoms with E-state index in [1.54, 1.807) is 7.11 Å². The normalized spacial score (nSPS) is 25.3. The molecule has 31 heavy (non-hydrogen) atoms. The van der Waals surface area contributed by atoms with Crippen molar-refractivity contribution in [2.24, 2.45) is 26.4 Å². The molecule has 2 atom stereocenters. The second-order valence-corrected chi connectivity index (χ2v) is 8.45. The van der Waals surface area contributed by atoms with Crippen LogP contribution >= 0.6 is 11.6 Å². The second kappa shape index (κ2) is 8.81. The standard InChI is InChI=1S/C20H27ClN8O2/c1-31-13-4-2-12(3-5-13)10-29-8-6-20(7-9-29)11-24-19(28-20)27-18(30)14-16(22)26-17(23)15(21)25-14/h2-5,15,17H,6-11,23H2,1H3,(H2,22,26)(H2,24,27,28,30). The molecule has 4 rings (SSSR count). The van der Waals surface area contributed by atoms with Crippen LogP contribution < -0.4 is 26.8 Å². The van der Waals surface area contributed by atoms with Crippen molar-refractivity contribution in [2.75, 3.05) is 26.7 Å². The zero-order valence-corrected chi connectivity index (χ0v) is 18.1. The van der Waals surface area contributed by atoms with Crippen LogP contribution in [0.3, 0.4) is 0 Å². The molecular weight excluding hydrogens is 420 g/mol. The summed E-state index contributed by atoms with van der Waals surface area (Å²) < 4.78 is 5.22. The number of likely N-dealkylation sites (tertiary alicyclic amines) is 1. The Labute approximate surface area is 185 Å². The highest BCUT2D eigenvalue weighted by atomic mass is 35.5. The number of rotatable bonds is 4. The van der Waals surface area contributed by atoms with E-state index >= 15 is 0 Å². The molecule has 166 valence electrons. The molecule has 1 aromatic rings. The zero-order chi connectivity index (χ0) is 22.0. The number of piperidine rings is 1. The lowest BCUT2D eigenvalue weighted by atomic mass is 9.88. The summed E-state index contributed by atoms with van der Waals surface area (Å²) in [7, 11) is 1.67. The van der Waals surface area contributed by atoms with Crippen molar-refractivity contribution in [3.63, 3.8) is 0 Å². The fraction of sp³-hybridized carbons (Fsp3) is 0.500. The number of guanidine groups is 1. The Morgan fingerprint density at radius 3 is 2.71 bits per heavy atom. The van der Waals surface area contributed by atoms with Crippen LogP contribution in [0, 0.1) is 0 Å². The molecule has 0 saturated carbocycles. The molecule has 6 N–H and O–H groups in total. The maximum atomic E-state index is 12.5. The van der Waals surface area contributed by atoms with Crippen molar-refractivity contribution >= 4 is 35.0 Å². The molecule has 0 aliphatic carbocycles. The van der Waals surface area contributed by atoms with Gasteiger partial charge in [0.25, 0.3) is 5.91 Å². The summed E-state index contributed by atoms with van der Waals surface area (Å²) in [6, 6.07) is 8.15. The number of nitrogens with two attached hydrogens (primary N) is 2. The number of nitrogens with zero attached hydrogens (tertiary/aromatic N) is 4.